The SMILES string of the molecule is CC(=O)Nc1ccc(CC(=O)Nc2ccc(-n3ccnc3)cc2)cc1. The third-order valence-corrected chi connectivity index (χ3v) is 3.59. The van der Waals surface area contributed by atoms with Gasteiger partial charge in [-0.2, -0.15) is 0 Å². The molecule has 126 valence electrons. The van der Waals surface area contributed by atoms with Crippen LogP contribution in [0.2, 0.25) is 0 Å². The average Bonchev–Trinajstić information content (AvgIpc) is 3.11. The van der Waals surface area contributed by atoms with Crippen LogP contribution in [0.15, 0.2) is 67.3 Å². The lowest BCUT2D eigenvalue weighted by Gasteiger charge is -2.08. The Balaban J connectivity index is 1.58. The van der Waals surface area contributed by atoms with Gasteiger partial charge in [-0.25, -0.2) is 4.98 Å². The van der Waals surface area contributed by atoms with Crippen molar-refractivity contribution in [1.29, 1.82) is 0 Å². The number of carbonyl (C=O) groups excluding carboxylic acids is 2. The molecule has 3 rings (SSSR count). The van der Waals surface area contributed by atoms with E-state index in [4.69, 9.17) is 0 Å². The molecule has 25 heavy (non-hydrogen) atoms. The van der Waals surface area contributed by atoms with Crippen LogP contribution in [0.5, 0.6) is 0 Å². The summed E-state index contributed by atoms with van der Waals surface area (Å²) >= 11 is 0. The first-order valence-corrected chi connectivity index (χ1v) is 7.85. The van der Waals surface area contributed by atoms with Crippen LogP contribution in [0, 0.1) is 0 Å². The highest BCUT2D eigenvalue weighted by molar-refractivity contribution is 5.92. The fourth-order valence-corrected chi connectivity index (χ4v) is 2.43. The molecule has 0 atom stereocenters. The molecular formula is C19H18N4O2. The molecule has 0 bridgehead atoms. The number of nitrogens with zero attached hydrogens (tertiary/aromatic N) is 2. The molecule has 0 radical (unpaired) electrons. The monoisotopic (exact) mass is 334 g/mol. The predicted molar refractivity (Wildman–Crippen MR) is 96.6 cm³/mol. The van der Waals surface area contributed by atoms with Crippen LogP contribution in [0.25, 0.3) is 5.69 Å². The van der Waals surface area contributed by atoms with Crippen molar-refractivity contribution in [3.8, 4) is 5.69 Å². The smallest absolute Gasteiger partial charge is 0.228 e. The lowest BCUT2D eigenvalue weighted by atomic mass is 10.1. The summed E-state index contributed by atoms with van der Waals surface area (Å²) in [5.74, 6) is -0.215. The van der Waals surface area contributed by atoms with Crippen molar-refractivity contribution in [2.75, 3.05) is 10.6 Å². The standard InChI is InChI=1S/C19H18N4O2/c1-14(24)21-16-4-2-15(3-5-16)12-19(25)22-17-6-8-18(9-7-17)23-11-10-20-13-23/h2-11,13H,12H2,1H3,(H,21,24)(H,22,25). The second kappa shape index (κ2) is 7.44. The molecule has 2 aromatic carbocycles. The van der Waals surface area contributed by atoms with E-state index in [9.17, 15) is 9.59 Å². The lowest BCUT2D eigenvalue weighted by molar-refractivity contribution is -0.116. The summed E-state index contributed by atoms with van der Waals surface area (Å²) in [6, 6.07) is 14.8. The molecule has 0 aliphatic rings. The van der Waals surface area contributed by atoms with Gasteiger partial charge in [-0.3, -0.25) is 9.59 Å². The third kappa shape index (κ3) is 4.54. The van der Waals surface area contributed by atoms with Gasteiger partial charge in [0.1, 0.15) is 0 Å². The van der Waals surface area contributed by atoms with Gasteiger partial charge in [0, 0.05) is 36.4 Å². The topological polar surface area (TPSA) is 76.0 Å². The van der Waals surface area contributed by atoms with E-state index in [2.05, 4.69) is 15.6 Å². The Kier molecular flexibility index (Phi) is 4.89. The number of benzene rings is 2. The van der Waals surface area contributed by atoms with Crippen molar-refractivity contribution in [1.82, 2.24) is 9.55 Å². The van der Waals surface area contributed by atoms with Crippen LogP contribution in [0.4, 0.5) is 11.4 Å². The summed E-state index contributed by atoms with van der Waals surface area (Å²) in [5, 5.41) is 5.57. The van der Waals surface area contributed by atoms with Gasteiger partial charge in [0.25, 0.3) is 0 Å². The molecule has 0 aliphatic carbocycles. The number of hydrogen-bond donors (Lipinski definition) is 2. The molecule has 0 fully saturated rings. The van der Waals surface area contributed by atoms with Gasteiger partial charge < -0.3 is 15.2 Å². The van der Waals surface area contributed by atoms with E-state index in [0.29, 0.717) is 5.69 Å². The Morgan fingerprint density at radius 2 is 1.60 bits per heavy atom. The first-order valence-electron chi connectivity index (χ1n) is 7.85. The van der Waals surface area contributed by atoms with E-state index in [1.807, 2.05) is 47.2 Å². The molecule has 0 saturated carbocycles. The fourth-order valence-electron chi connectivity index (χ4n) is 2.43. The summed E-state index contributed by atoms with van der Waals surface area (Å²) in [7, 11) is 0. The summed E-state index contributed by atoms with van der Waals surface area (Å²) < 4.78 is 1.89. The Bertz CT molecular complexity index is 853. The zero-order valence-corrected chi connectivity index (χ0v) is 13.8. The molecule has 2 amide bonds. The number of nitrogens with one attached hydrogen (secondary N) is 2. The quantitative estimate of drug-likeness (QED) is 0.753. The normalized spacial score (nSPS) is 10.3. The summed E-state index contributed by atoms with van der Waals surface area (Å²) in [6.45, 7) is 1.46. The zero-order valence-electron chi connectivity index (χ0n) is 13.8. The van der Waals surface area contributed by atoms with Crippen LogP contribution in [-0.4, -0.2) is 21.4 Å². The number of carbonyl (C=O) groups is 2. The number of amides is 2. The highest BCUT2D eigenvalue weighted by Crippen LogP contribution is 2.14. The number of hydrogen-bond acceptors (Lipinski definition) is 3. The molecule has 3 aromatic rings. The van der Waals surface area contributed by atoms with Gasteiger partial charge in [-0.05, 0) is 42.0 Å². The number of rotatable bonds is 5. The molecule has 6 nitrogen and oxygen atoms in total. The third-order valence-electron chi connectivity index (χ3n) is 3.59. The van der Waals surface area contributed by atoms with E-state index in [-0.39, 0.29) is 18.2 Å². The van der Waals surface area contributed by atoms with Crippen LogP contribution in [-0.2, 0) is 16.0 Å². The van der Waals surface area contributed by atoms with Crippen molar-refractivity contribution >= 4 is 23.2 Å². The molecular weight excluding hydrogens is 316 g/mol. The van der Waals surface area contributed by atoms with Crippen LogP contribution >= 0.6 is 0 Å². The van der Waals surface area contributed by atoms with E-state index in [0.717, 1.165) is 16.9 Å². The average molecular weight is 334 g/mol. The van der Waals surface area contributed by atoms with Gasteiger partial charge in [0.15, 0.2) is 0 Å². The molecule has 1 aromatic heterocycles. The summed E-state index contributed by atoms with van der Waals surface area (Å²) in [6.07, 6.45) is 5.56. The Hall–Kier alpha value is -3.41. The van der Waals surface area contributed by atoms with Crippen molar-refractivity contribution in [3.63, 3.8) is 0 Å². The Morgan fingerprint density at radius 1 is 0.960 bits per heavy atom. The molecule has 2 N–H and O–H groups in total. The van der Waals surface area contributed by atoms with E-state index >= 15 is 0 Å². The zero-order chi connectivity index (χ0) is 17.6. The molecule has 1 heterocycles. The number of imidazole rings is 1. The van der Waals surface area contributed by atoms with Crippen LogP contribution in [0.1, 0.15) is 12.5 Å². The maximum absolute atomic E-state index is 12.2. The highest BCUT2D eigenvalue weighted by Gasteiger charge is 2.05. The minimum Gasteiger partial charge on any atom is -0.326 e. The Morgan fingerprint density at radius 3 is 2.20 bits per heavy atom. The Labute approximate surface area is 145 Å². The van der Waals surface area contributed by atoms with Crippen molar-refractivity contribution in [3.05, 3.63) is 72.8 Å². The van der Waals surface area contributed by atoms with Crippen molar-refractivity contribution < 1.29 is 9.59 Å². The molecule has 0 unspecified atom stereocenters. The maximum Gasteiger partial charge on any atom is 0.228 e. The largest absolute Gasteiger partial charge is 0.326 e. The van der Waals surface area contributed by atoms with Gasteiger partial charge in [0.05, 0.1) is 12.7 Å². The molecule has 0 spiro atoms. The molecule has 0 saturated heterocycles. The predicted octanol–water partition coefficient (Wildman–Crippen LogP) is 3.01. The first-order chi connectivity index (χ1) is 12.1. The van der Waals surface area contributed by atoms with Gasteiger partial charge >= 0.3 is 0 Å². The first kappa shape index (κ1) is 16.4. The fraction of sp³-hybridized carbons (Fsp3) is 0.105. The number of anilines is 2. The van der Waals surface area contributed by atoms with Crippen LogP contribution in [0.3, 0.4) is 0 Å². The summed E-state index contributed by atoms with van der Waals surface area (Å²) in [4.78, 5) is 27.2. The van der Waals surface area contributed by atoms with E-state index in [1.54, 1.807) is 24.7 Å². The molecule has 6 heteroatoms. The van der Waals surface area contributed by atoms with E-state index < -0.39 is 0 Å². The van der Waals surface area contributed by atoms with Crippen molar-refractivity contribution in [2.24, 2.45) is 0 Å². The minimum absolute atomic E-state index is 0.0948. The maximum atomic E-state index is 12.2. The number of aromatic nitrogens is 2. The molecule has 0 aliphatic heterocycles. The van der Waals surface area contributed by atoms with E-state index in [1.165, 1.54) is 6.92 Å². The van der Waals surface area contributed by atoms with Crippen molar-refractivity contribution in [2.45, 2.75) is 13.3 Å². The second-order valence-electron chi connectivity index (χ2n) is 5.62. The van der Waals surface area contributed by atoms with Crippen LogP contribution < -0.4 is 10.6 Å². The van der Waals surface area contributed by atoms with Gasteiger partial charge in [-0.1, -0.05) is 12.1 Å². The van der Waals surface area contributed by atoms with Gasteiger partial charge in [0.2, 0.25) is 11.8 Å². The second-order valence-corrected chi connectivity index (χ2v) is 5.62. The highest BCUT2D eigenvalue weighted by atomic mass is 16.2. The summed E-state index contributed by atoms with van der Waals surface area (Å²) in [5.41, 5.74) is 3.31. The minimum atomic E-state index is -0.121. The van der Waals surface area contributed by atoms with Gasteiger partial charge in [-0.15, -0.1) is 0 Å². The lowest BCUT2D eigenvalue weighted by Crippen LogP contribution is -2.14.